The normalized spacial score (nSPS) is 18.1. The molecule has 0 aliphatic carbocycles. The summed E-state index contributed by atoms with van der Waals surface area (Å²) in [5, 5.41) is 9.05. The van der Waals surface area contributed by atoms with Crippen LogP contribution in [0.25, 0.3) is 0 Å². The predicted molar refractivity (Wildman–Crippen MR) is 75.3 cm³/mol. The lowest BCUT2D eigenvalue weighted by atomic mass is 10.00. The zero-order valence-corrected chi connectivity index (χ0v) is 12.3. The van der Waals surface area contributed by atoms with Crippen molar-refractivity contribution in [1.29, 1.82) is 0 Å². The molecular formula is C12H16ClFN2O3S. The van der Waals surface area contributed by atoms with Crippen molar-refractivity contribution in [3.8, 4) is 0 Å². The van der Waals surface area contributed by atoms with Crippen molar-refractivity contribution in [3.63, 3.8) is 0 Å². The van der Waals surface area contributed by atoms with Gasteiger partial charge in [0.2, 0.25) is 0 Å². The Balaban J connectivity index is 2.12. The van der Waals surface area contributed by atoms with Gasteiger partial charge in [-0.05, 0) is 30.9 Å². The van der Waals surface area contributed by atoms with Crippen LogP contribution >= 0.6 is 11.6 Å². The van der Waals surface area contributed by atoms with E-state index in [-0.39, 0.29) is 23.2 Å². The minimum absolute atomic E-state index is 0.0128. The van der Waals surface area contributed by atoms with Crippen LogP contribution in [0.5, 0.6) is 0 Å². The molecule has 1 fully saturated rings. The van der Waals surface area contributed by atoms with Crippen molar-refractivity contribution in [2.24, 2.45) is 5.92 Å². The molecule has 1 aromatic carbocycles. The summed E-state index contributed by atoms with van der Waals surface area (Å²) in [7, 11) is -3.84. The van der Waals surface area contributed by atoms with E-state index in [2.05, 4.69) is 4.72 Å². The SMILES string of the molecule is O=S(=O)(Nc1c(F)cccc1Cl)N1CCC(CO)CC1. The highest BCUT2D eigenvalue weighted by Crippen LogP contribution is 2.27. The molecule has 1 aromatic rings. The Morgan fingerprint density at radius 3 is 2.60 bits per heavy atom. The van der Waals surface area contributed by atoms with Crippen molar-refractivity contribution < 1.29 is 17.9 Å². The van der Waals surface area contributed by atoms with Crippen LogP contribution in [-0.4, -0.2) is 37.5 Å². The summed E-state index contributed by atoms with van der Waals surface area (Å²) in [6, 6.07) is 3.96. The molecule has 2 N–H and O–H groups in total. The lowest BCUT2D eigenvalue weighted by Gasteiger charge is -2.30. The quantitative estimate of drug-likeness (QED) is 0.888. The first-order valence-electron chi connectivity index (χ1n) is 6.27. The average Bonchev–Trinajstić information content (AvgIpc) is 2.43. The van der Waals surface area contributed by atoms with Gasteiger partial charge in [0.25, 0.3) is 0 Å². The Morgan fingerprint density at radius 1 is 1.40 bits per heavy atom. The molecule has 1 aliphatic heterocycles. The van der Waals surface area contributed by atoms with Gasteiger partial charge in [-0.25, -0.2) is 4.39 Å². The second kappa shape index (κ2) is 6.26. The van der Waals surface area contributed by atoms with E-state index < -0.39 is 16.0 Å². The van der Waals surface area contributed by atoms with Gasteiger partial charge in [-0.15, -0.1) is 0 Å². The largest absolute Gasteiger partial charge is 0.396 e. The Morgan fingerprint density at radius 2 is 2.05 bits per heavy atom. The second-order valence-electron chi connectivity index (χ2n) is 4.73. The number of benzene rings is 1. The maximum absolute atomic E-state index is 13.6. The maximum Gasteiger partial charge on any atom is 0.301 e. The summed E-state index contributed by atoms with van der Waals surface area (Å²) in [6.07, 6.45) is 1.17. The number of aliphatic hydroxyl groups is 1. The molecule has 20 heavy (non-hydrogen) atoms. The van der Waals surface area contributed by atoms with E-state index in [4.69, 9.17) is 16.7 Å². The molecular weight excluding hydrogens is 307 g/mol. The third-order valence-corrected chi connectivity index (χ3v) is 5.19. The van der Waals surface area contributed by atoms with Gasteiger partial charge < -0.3 is 5.11 Å². The first-order chi connectivity index (χ1) is 9.44. The van der Waals surface area contributed by atoms with Crippen LogP contribution < -0.4 is 4.72 Å². The molecule has 1 heterocycles. The fourth-order valence-electron chi connectivity index (χ4n) is 2.12. The lowest BCUT2D eigenvalue weighted by Crippen LogP contribution is -2.42. The maximum atomic E-state index is 13.6. The number of rotatable bonds is 4. The van der Waals surface area contributed by atoms with Crippen LogP contribution in [0.2, 0.25) is 5.02 Å². The molecule has 8 heteroatoms. The van der Waals surface area contributed by atoms with Gasteiger partial charge >= 0.3 is 10.2 Å². The van der Waals surface area contributed by atoms with Gasteiger partial charge in [0.05, 0.1) is 5.02 Å². The van der Waals surface area contributed by atoms with Gasteiger partial charge in [0.1, 0.15) is 11.5 Å². The van der Waals surface area contributed by atoms with Crippen molar-refractivity contribution >= 4 is 27.5 Å². The Kier molecular flexibility index (Phi) is 4.85. The first kappa shape index (κ1) is 15.5. The zero-order chi connectivity index (χ0) is 14.8. The molecule has 0 spiro atoms. The first-order valence-corrected chi connectivity index (χ1v) is 8.08. The highest BCUT2D eigenvalue weighted by molar-refractivity contribution is 7.90. The molecule has 2 rings (SSSR count). The molecule has 0 radical (unpaired) electrons. The molecule has 0 saturated carbocycles. The van der Waals surface area contributed by atoms with Crippen molar-refractivity contribution in [1.82, 2.24) is 4.31 Å². The van der Waals surface area contributed by atoms with Crippen LogP contribution in [0.4, 0.5) is 10.1 Å². The van der Waals surface area contributed by atoms with Gasteiger partial charge in [-0.3, -0.25) is 4.72 Å². The van der Waals surface area contributed by atoms with E-state index in [1.807, 2.05) is 0 Å². The topological polar surface area (TPSA) is 69.6 Å². The van der Waals surface area contributed by atoms with Crippen LogP contribution in [-0.2, 0) is 10.2 Å². The number of piperidine rings is 1. The Bertz CT molecular complexity index is 554. The van der Waals surface area contributed by atoms with Gasteiger partial charge in [-0.1, -0.05) is 17.7 Å². The van der Waals surface area contributed by atoms with Crippen LogP contribution in [0.15, 0.2) is 18.2 Å². The van der Waals surface area contributed by atoms with E-state index in [9.17, 15) is 12.8 Å². The second-order valence-corrected chi connectivity index (χ2v) is 6.81. The monoisotopic (exact) mass is 322 g/mol. The van der Waals surface area contributed by atoms with Gasteiger partial charge in [-0.2, -0.15) is 12.7 Å². The molecule has 0 aromatic heterocycles. The number of para-hydroxylation sites is 1. The summed E-state index contributed by atoms with van der Waals surface area (Å²) >= 11 is 5.80. The number of hydrogen-bond donors (Lipinski definition) is 2. The lowest BCUT2D eigenvalue weighted by molar-refractivity contribution is 0.170. The molecule has 0 amide bonds. The Labute approximate surface area is 122 Å². The highest BCUT2D eigenvalue weighted by Gasteiger charge is 2.28. The summed E-state index contributed by atoms with van der Waals surface area (Å²) in [6.45, 7) is 0.653. The molecule has 0 unspecified atom stereocenters. The molecule has 5 nitrogen and oxygen atoms in total. The number of anilines is 1. The summed E-state index contributed by atoms with van der Waals surface area (Å²) in [5.74, 6) is -0.593. The third-order valence-electron chi connectivity index (χ3n) is 3.37. The van der Waals surface area contributed by atoms with Gasteiger partial charge in [0.15, 0.2) is 0 Å². The number of nitrogens with zero attached hydrogens (tertiary/aromatic N) is 1. The van der Waals surface area contributed by atoms with E-state index in [0.717, 1.165) is 6.07 Å². The summed E-state index contributed by atoms with van der Waals surface area (Å²) in [4.78, 5) is 0. The zero-order valence-electron chi connectivity index (χ0n) is 10.7. The number of nitrogens with one attached hydrogen (secondary N) is 1. The van der Waals surface area contributed by atoms with E-state index in [1.165, 1.54) is 16.4 Å². The predicted octanol–water partition coefficient (Wildman–Crippen LogP) is 1.84. The van der Waals surface area contributed by atoms with E-state index in [1.54, 1.807) is 0 Å². The number of aliphatic hydroxyl groups excluding tert-OH is 1. The summed E-state index contributed by atoms with van der Waals surface area (Å²) in [5.41, 5.74) is -0.238. The van der Waals surface area contributed by atoms with Crippen molar-refractivity contribution in [2.45, 2.75) is 12.8 Å². The van der Waals surface area contributed by atoms with Crippen LogP contribution in [0.3, 0.4) is 0 Å². The fourth-order valence-corrected chi connectivity index (χ4v) is 3.67. The van der Waals surface area contributed by atoms with E-state index in [0.29, 0.717) is 25.9 Å². The standard InChI is InChI=1S/C12H16ClFN2O3S/c13-10-2-1-3-11(14)12(10)15-20(18,19)16-6-4-9(8-17)5-7-16/h1-3,9,15,17H,4-8H2. The Hall–Kier alpha value is -0.890. The number of hydrogen-bond acceptors (Lipinski definition) is 3. The summed E-state index contributed by atoms with van der Waals surface area (Å²) < 4.78 is 41.4. The molecule has 0 atom stereocenters. The molecule has 1 saturated heterocycles. The molecule has 0 bridgehead atoms. The third kappa shape index (κ3) is 3.41. The van der Waals surface area contributed by atoms with Crippen molar-refractivity contribution in [3.05, 3.63) is 29.0 Å². The number of halogens is 2. The van der Waals surface area contributed by atoms with Crippen LogP contribution in [0, 0.1) is 11.7 Å². The average molecular weight is 323 g/mol. The molecule has 112 valence electrons. The minimum atomic E-state index is -3.84. The smallest absolute Gasteiger partial charge is 0.301 e. The van der Waals surface area contributed by atoms with Gasteiger partial charge in [0, 0.05) is 19.7 Å². The van der Waals surface area contributed by atoms with Crippen LogP contribution in [0.1, 0.15) is 12.8 Å². The van der Waals surface area contributed by atoms with E-state index >= 15 is 0 Å². The molecule has 1 aliphatic rings. The minimum Gasteiger partial charge on any atom is -0.396 e. The fraction of sp³-hybridized carbons (Fsp3) is 0.500. The van der Waals surface area contributed by atoms with Crippen molar-refractivity contribution in [2.75, 3.05) is 24.4 Å². The highest BCUT2D eigenvalue weighted by atomic mass is 35.5.